The number of rotatable bonds is 8. The zero-order valence-corrected chi connectivity index (χ0v) is 12.3. The SMILES string of the molecule is CCCOCCCNCc1ccc(C)c(Br)c1. The molecule has 0 saturated heterocycles. The number of halogens is 1. The van der Waals surface area contributed by atoms with Crippen LogP contribution in [-0.2, 0) is 11.3 Å². The standard InChI is InChI=1S/C14H22BrNO/c1-3-8-17-9-4-7-16-11-13-6-5-12(2)14(15)10-13/h5-6,10,16H,3-4,7-9,11H2,1-2H3. The van der Waals surface area contributed by atoms with Gasteiger partial charge in [0.05, 0.1) is 0 Å². The van der Waals surface area contributed by atoms with Gasteiger partial charge in [0.1, 0.15) is 0 Å². The van der Waals surface area contributed by atoms with Crippen molar-refractivity contribution in [3.05, 3.63) is 33.8 Å². The minimum absolute atomic E-state index is 0.860. The van der Waals surface area contributed by atoms with E-state index >= 15 is 0 Å². The summed E-state index contributed by atoms with van der Waals surface area (Å²) in [7, 11) is 0. The van der Waals surface area contributed by atoms with Crippen LogP contribution in [0.3, 0.4) is 0 Å². The molecule has 0 heterocycles. The van der Waals surface area contributed by atoms with E-state index in [1.807, 2.05) is 0 Å². The molecule has 0 unspecified atom stereocenters. The van der Waals surface area contributed by atoms with Crippen molar-refractivity contribution in [1.29, 1.82) is 0 Å². The van der Waals surface area contributed by atoms with Gasteiger partial charge >= 0.3 is 0 Å². The Morgan fingerprint density at radius 3 is 2.82 bits per heavy atom. The maximum atomic E-state index is 5.42. The molecule has 0 bridgehead atoms. The van der Waals surface area contributed by atoms with Gasteiger partial charge in [0, 0.05) is 24.2 Å². The van der Waals surface area contributed by atoms with Crippen LogP contribution in [0.5, 0.6) is 0 Å². The third-order valence-electron chi connectivity index (χ3n) is 2.56. The summed E-state index contributed by atoms with van der Waals surface area (Å²) in [5, 5.41) is 3.42. The first-order valence-electron chi connectivity index (χ1n) is 6.27. The molecule has 3 heteroatoms. The predicted molar refractivity (Wildman–Crippen MR) is 76.3 cm³/mol. The molecule has 1 rings (SSSR count). The fraction of sp³-hybridized carbons (Fsp3) is 0.571. The first-order valence-corrected chi connectivity index (χ1v) is 7.07. The topological polar surface area (TPSA) is 21.3 Å². The molecule has 0 aromatic heterocycles. The van der Waals surface area contributed by atoms with Crippen LogP contribution in [0.15, 0.2) is 22.7 Å². The number of aryl methyl sites for hydroxylation is 1. The molecule has 0 radical (unpaired) electrons. The van der Waals surface area contributed by atoms with Crippen LogP contribution in [0.1, 0.15) is 30.9 Å². The van der Waals surface area contributed by atoms with Gasteiger partial charge in [0.15, 0.2) is 0 Å². The Balaban J connectivity index is 2.11. The Labute approximate surface area is 113 Å². The zero-order chi connectivity index (χ0) is 12.5. The number of hydrogen-bond acceptors (Lipinski definition) is 2. The molecule has 1 N–H and O–H groups in total. The van der Waals surface area contributed by atoms with Crippen LogP contribution in [0, 0.1) is 6.92 Å². The summed E-state index contributed by atoms with van der Waals surface area (Å²) < 4.78 is 6.61. The lowest BCUT2D eigenvalue weighted by Crippen LogP contribution is -2.16. The van der Waals surface area contributed by atoms with E-state index in [9.17, 15) is 0 Å². The highest BCUT2D eigenvalue weighted by atomic mass is 79.9. The molecule has 1 aromatic rings. The van der Waals surface area contributed by atoms with Crippen molar-refractivity contribution in [1.82, 2.24) is 5.32 Å². The van der Waals surface area contributed by atoms with Crippen LogP contribution in [-0.4, -0.2) is 19.8 Å². The van der Waals surface area contributed by atoms with Crippen molar-refractivity contribution < 1.29 is 4.74 Å². The average Bonchev–Trinajstić information content (AvgIpc) is 2.32. The lowest BCUT2D eigenvalue weighted by molar-refractivity contribution is 0.132. The molecule has 0 atom stereocenters. The van der Waals surface area contributed by atoms with Crippen molar-refractivity contribution >= 4 is 15.9 Å². The highest BCUT2D eigenvalue weighted by molar-refractivity contribution is 9.10. The summed E-state index contributed by atoms with van der Waals surface area (Å²) in [6.45, 7) is 7.91. The van der Waals surface area contributed by atoms with E-state index < -0.39 is 0 Å². The van der Waals surface area contributed by atoms with Gasteiger partial charge in [0.25, 0.3) is 0 Å². The second-order valence-electron chi connectivity index (χ2n) is 4.23. The molecule has 2 nitrogen and oxygen atoms in total. The number of nitrogens with one attached hydrogen (secondary N) is 1. The van der Waals surface area contributed by atoms with Gasteiger partial charge in [-0.1, -0.05) is 35.0 Å². The fourth-order valence-corrected chi connectivity index (χ4v) is 1.95. The summed E-state index contributed by atoms with van der Waals surface area (Å²) in [6, 6.07) is 6.49. The summed E-state index contributed by atoms with van der Waals surface area (Å²) >= 11 is 3.55. The smallest absolute Gasteiger partial charge is 0.0478 e. The van der Waals surface area contributed by atoms with Crippen LogP contribution < -0.4 is 5.32 Å². The van der Waals surface area contributed by atoms with Gasteiger partial charge in [0.2, 0.25) is 0 Å². The predicted octanol–water partition coefficient (Wildman–Crippen LogP) is 3.66. The molecule has 17 heavy (non-hydrogen) atoms. The van der Waals surface area contributed by atoms with Crippen LogP contribution >= 0.6 is 15.9 Å². The van der Waals surface area contributed by atoms with Gasteiger partial charge in [-0.25, -0.2) is 0 Å². The van der Waals surface area contributed by atoms with Gasteiger partial charge < -0.3 is 10.1 Å². The Hall–Kier alpha value is -0.380. The zero-order valence-electron chi connectivity index (χ0n) is 10.8. The highest BCUT2D eigenvalue weighted by Gasteiger charge is 1.97. The summed E-state index contributed by atoms with van der Waals surface area (Å²) in [5.41, 5.74) is 2.60. The quantitative estimate of drug-likeness (QED) is 0.740. The second kappa shape index (κ2) is 8.67. The third-order valence-corrected chi connectivity index (χ3v) is 3.41. The molecule has 0 aliphatic rings. The maximum absolute atomic E-state index is 5.42. The minimum Gasteiger partial charge on any atom is -0.381 e. The van der Waals surface area contributed by atoms with Gasteiger partial charge in [-0.15, -0.1) is 0 Å². The van der Waals surface area contributed by atoms with Crippen LogP contribution in [0.2, 0.25) is 0 Å². The van der Waals surface area contributed by atoms with Crippen molar-refractivity contribution in [2.24, 2.45) is 0 Å². The molecule has 0 aliphatic heterocycles. The lowest BCUT2D eigenvalue weighted by Gasteiger charge is -2.07. The van der Waals surface area contributed by atoms with E-state index in [0.29, 0.717) is 0 Å². The Morgan fingerprint density at radius 1 is 1.29 bits per heavy atom. The van der Waals surface area contributed by atoms with Crippen molar-refractivity contribution in [2.45, 2.75) is 33.2 Å². The van der Waals surface area contributed by atoms with Crippen molar-refractivity contribution in [3.63, 3.8) is 0 Å². The Kier molecular flexibility index (Phi) is 7.49. The molecule has 0 amide bonds. The molecule has 0 spiro atoms. The van der Waals surface area contributed by atoms with Crippen LogP contribution in [0.4, 0.5) is 0 Å². The summed E-state index contributed by atoms with van der Waals surface area (Å²) in [6.07, 6.45) is 2.18. The number of hydrogen-bond donors (Lipinski definition) is 1. The fourth-order valence-electron chi connectivity index (χ4n) is 1.52. The third kappa shape index (κ3) is 6.20. The van der Waals surface area contributed by atoms with E-state index in [-0.39, 0.29) is 0 Å². The summed E-state index contributed by atoms with van der Waals surface area (Å²) in [4.78, 5) is 0. The van der Waals surface area contributed by atoms with Gasteiger partial charge in [-0.05, 0) is 43.5 Å². The summed E-state index contributed by atoms with van der Waals surface area (Å²) in [5.74, 6) is 0. The Bertz CT molecular complexity index is 328. The monoisotopic (exact) mass is 299 g/mol. The molecule has 0 saturated carbocycles. The second-order valence-corrected chi connectivity index (χ2v) is 5.08. The molecule has 0 fully saturated rings. The molecular weight excluding hydrogens is 278 g/mol. The van der Waals surface area contributed by atoms with E-state index in [4.69, 9.17) is 4.74 Å². The number of ether oxygens (including phenoxy) is 1. The lowest BCUT2D eigenvalue weighted by atomic mass is 10.1. The van der Waals surface area contributed by atoms with E-state index in [0.717, 1.165) is 39.1 Å². The maximum Gasteiger partial charge on any atom is 0.0478 e. The van der Waals surface area contributed by atoms with Gasteiger partial charge in [-0.2, -0.15) is 0 Å². The number of benzene rings is 1. The molecule has 1 aromatic carbocycles. The van der Waals surface area contributed by atoms with Crippen molar-refractivity contribution in [3.8, 4) is 0 Å². The van der Waals surface area contributed by atoms with Gasteiger partial charge in [-0.3, -0.25) is 0 Å². The van der Waals surface area contributed by atoms with E-state index in [1.54, 1.807) is 0 Å². The molecule has 0 aliphatic carbocycles. The molecule has 96 valence electrons. The molecular formula is C14H22BrNO. The highest BCUT2D eigenvalue weighted by Crippen LogP contribution is 2.17. The van der Waals surface area contributed by atoms with Crippen LogP contribution in [0.25, 0.3) is 0 Å². The van der Waals surface area contributed by atoms with E-state index in [1.165, 1.54) is 15.6 Å². The average molecular weight is 300 g/mol. The largest absolute Gasteiger partial charge is 0.381 e. The van der Waals surface area contributed by atoms with E-state index in [2.05, 4.69) is 53.3 Å². The Morgan fingerprint density at radius 2 is 2.12 bits per heavy atom. The normalized spacial score (nSPS) is 10.8. The first-order chi connectivity index (χ1) is 8.24. The first kappa shape index (κ1) is 14.7. The van der Waals surface area contributed by atoms with Crippen molar-refractivity contribution in [2.75, 3.05) is 19.8 Å². The minimum atomic E-state index is 0.860.